The third kappa shape index (κ3) is 3.99. The fourth-order valence-electron chi connectivity index (χ4n) is 3.89. The molecule has 1 saturated heterocycles. The van der Waals surface area contributed by atoms with Gasteiger partial charge in [-0.3, -0.25) is 0 Å². The fraction of sp³-hybridized carbons (Fsp3) is 0.286. The van der Waals surface area contributed by atoms with E-state index in [-0.39, 0.29) is 11.8 Å². The van der Waals surface area contributed by atoms with Gasteiger partial charge >= 0.3 is 0 Å². The molecule has 10 heteroatoms. The van der Waals surface area contributed by atoms with Gasteiger partial charge in [-0.25, -0.2) is 10.4 Å². The molecule has 8 nitrogen and oxygen atoms in total. The number of nitrogens with one attached hydrogen (secondary N) is 2. The highest BCUT2D eigenvalue weighted by molar-refractivity contribution is 6.38. The van der Waals surface area contributed by atoms with Crippen molar-refractivity contribution in [1.82, 2.24) is 30.9 Å². The van der Waals surface area contributed by atoms with Gasteiger partial charge < -0.3 is 20.5 Å². The minimum atomic E-state index is 0.231. The van der Waals surface area contributed by atoms with Crippen molar-refractivity contribution in [2.75, 3.05) is 25.4 Å². The maximum atomic E-state index is 6.27. The van der Waals surface area contributed by atoms with Crippen molar-refractivity contribution in [3.05, 3.63) is 52.3 Å². The number of nitrogens with zero attached hydrogens (tertiary/aromatic N) is 4. The molecule has 3 aromatic rings. The second-order valence-corrected chi connectivity index (χ2v) is 8.36. The van der Waals surface area contributed by atoms with E-state index in [1.807, 2.05) is 6.07 Å². The Kier molecular flexibility index (Phi) is 5.54. The summed E-state index contributed by atoms with van der Waals surface area (Å²) >= 11 is 12.5. The van der Waals surface area contributed by atoms with E-state index < -0.39 is 0 Å². The highest BCUT2D eigenvalue weighted by atomic mass is 35.5. The molecule has 31 heavy (non-hydrogen) atoms. The summed E-state index contributed by atoms with van der Waals surface area (Å²) in [4.78, 5) is 4.36. The predicted octanol–water partition coefficient (Wildman–Crippen LogP) is 3.60. The molecular weight excluding hydrogens is 437 g/mol. The molecule has 0 atom stereocenters. The topological polar surface area (TPSA) is 105 Å². The number of rotatable bonds is 4. The number of hydrazine groups is 1. The van der Waals surface area contributed by atoms with Gasteiger partial charge in [0.2, 0.25) is 0 Å². The second kappa shape index (κ2) is 8.47. The van der Waals surface area contributed by atoms with Gasteiger partial charge in [-0.15, -0.1) is 10.2 Å². The van der Waals surface area contributed by atoms with E-state index in [1.165, 1.54) is 0 Å². The van der Waals surface area contributed by atoms with E-state index >= 15 is 0 Å². The van der Waals surface area contributed by atoms with Crippen LogP contribution in [0.15, 0.2) is 41.1 Å². The highest BCUT2D eigenvalue weighted by Gasteiger charge is 2.24. The van der Waals surface area contributed by atoms with Crippen LogP contribution >= 0.6 is 23.2 Å². The first-order valence-corrected chi connectivity index (χ1v) is 10.8. The van der Waals surface area contributed by atoms with Crippen LogP contribution in [0.3, 0.4) is 0 Å². The SMILES string of the molecule is Nc1ncc(C2=CN(C3CCNCC3)NC2)cc1-c1nnc(-c2c(Cl)cccc2Cl)o1. The zero-order valence-corrected chi connectivity index (χ0v) is 18.1. The molecule has 160 valence electrons. The summed E-state index contributed by atoms with van der Waals surface area (Å²) in [6, 6.07) is 7.60. The zero-order chi connectivity index (χ0) is 21.4. The number of anilines is 1. The first-order chi connectivity index (χ1) is 15.1. The van der Waals surface area contributed by atoms with Crippen molar-refractivity contribution >= 4 is 34.6 Å². The average Bonchev–Trinajstić information content (AvgIpc) is 3.45. The van der Waals surface area contributed by atoms with Crippen LogP contribution in [0.5, 0.6) is 0 Å². The Morgan fingerprint density at radius 2 is 1.84 bits per heavy atom. The summed E-state index contributed by atoms with van der Waals surface area (Å²) in [5, 5.41) is 14.7. The van der Waals surface area contributed by atoms with E-state index in [2.05, 4.69) is 37.1 Å². The summed E-state index contributed by atoms with van der Waals surface area (Å²) in [6.45, 7) is 2.79. The van der Waals surface area contributed by atoms with Gasteiger partial charge in [-0.05, 0) is 55.3 Å². The number of piperidine rings is 1. The van der Waals surface area contributed by atoms with Crippen LogP contribution < -0.4 is 16.5 Å². The van der Waals surface area contributed by atoms with Crippen LogP contribution in [0.25, 0.3) is 28.5 Å². The lowest BCUT2D eigenvalue weighted by Crippen LogP contribution is -2.44. The van der Waals surface area contributed by atoms with Crippen LogP contribution in [0, 0.1) is 0 Å². The molecule has 2 aliphatic rings. The molecule has 1 aromatic carbocycles. The molecule has 0 radical (unpaired) electrons. The van der Waals surface area contributed by atoms with Gasteiger partial charge in [0.1, 0.15) is 5.82 Å². The normalized spacial score (nSPS) is 17.2. The minimum Gasteiger partial charge on any atom is -0.416 e. The molecule has 0 saturated carbocycles. The number of halogens is 2. The summed E-state index contributed by atoms with van der Waals surface area (Å²) in [5.41, 5.74) is 12.7. The van der Waals surface area contributed by atoms with E-state index in [0.29, 0.717) is 33.0 Å². The van der Waals surface area contributed by atoms with Crippen molar-refractivity contribution in [1.29, 1.82) is 0 Å². The lowest BCUT2D eigenvalue weighted by molar-refractivity contribution is 0.182. The average molecular weight is 458 g/mol. The third-order valence-corrected chi connectivity index (χ3v) is 6.20. The standard InChI is InChI=1S/C21H21Cl2N7O/c22-16-2-1-3-17(23)18(16)21-29-28-20(31-21)15-8-12(9-26-19(15)24)13-10-27-30(11-13)14-4-6-25-7-5-14/h1-3,8-9,11,14,25,27H,4-7,10H2,(H2,24,26). The Labute approximate surface area is 189 Å². The van der Waals surface area contributed by atoms with E-state index in [1.54, 1.807) is 24.4 Å². The fourth-order valence-corrected chi connectivity index (χ4v) is 4.45. The summed E-state index contributed by atoms with van der Waals surface area (Å²) in [5.74, 6) is 0.805. The molecular formula is C21H21Cl2N7O. The second-order valence-electron chi connectivity index (χ2n) is 7.54. The molecule has 2 aromatic heterocycles. The van der Waals surface area contributed by atoms with Gasteiger partial charge in [0.25, 0.3) is 11.8 Å². The number of nitrogens with two attached hydrogens (primary N) is 1. The summed E-state index contributed by atoms with van der Waals surface area (Å²) in [6.07, 6.45) is 6.13. The van der Waals surface area contributed by atoms with Gasteiger partial charge in [0.15, 0.2) is 0 Å². The molecule has 0 aliphatic carbocycles. The first-order valence-electron chi connectivity index (χ1n) is 10.1. The maximum Gasteiger partial charge on any atom is 0.251 e. The van der Waals surface area contributed by atoms with E-state index in [9.17, 15) is 0 Å². The van der Waals surface area contributed by atoms with Crippen molar-refractivity contribution in [2.24, 2.45) is 0 Å². The van der Waals surface area contributed by atoms with Crippen LogP contribution in [-0.4, -0.2) is 45.9 Å². The van der Waals surface area contributed by atoms with Gasteiger partial charge in [-0.2, -0.15) is 0 Å². The van der Waals surface area contributed by atoms with Crippen LogP contribution in [-0.2, 0) is 0 Å². The van der Waals surface area contributed by atoms with E-state index in [4.69, 9.17) is 33.4 Å². The zero-order valence-electron chi connectivity index (χ0n) is 16.6. The number of aromatic nitrogens is 3. The smallest absolute Gasteiger partial charge is 0.251 e. The van der Waals surface area contributed by atoms with Gasteiger partial charge in [0, 0.05) is 25.0 Å². The van der Waals surface area contributed by atoms with E-state index in [0.717, 1.165) is 43.6 Å². The molecule has 0 amide bonds. The lowest BCUT2D eigenvalue weighted by Gasteiger charge is -2.31. The Morgan fingerprint density at radius 1 is 1.10 bits per heavy atom. The summed E-state index contributed by atoms with van der Waals surface area (Å²) < 4.78 is 5.87. The largest absolute Gasteiger partial charge is 0.416 e. The quantitative estimate of drug-likeness (QED) is 0.545. The Bertz CT molecular complexity index is 1120. The van der Waals surface area contributed by atoms with Crippen molar-refractivity contribution in [3.63, 3.8) is 0 Å². The van der Waals surface area contributed by atoms with Crippen LogP contribution in [0.1, 0.15) is 18.4 Å². The minimum absolute atomic E-state index is 0.231. The van der Waals surface area contributed by atoms with Crippen molar-refractivity contribution in [2.45, 2.75) is 18.9 Å². The molecule has 1 fully saturated rings. The van der Waals surface area contributed by atoms with Crippen LogP contribution in [0.2, 0.25) is 10.0 Å². The molecule has 0 unspecified atom stereocenters. The van der Waals surface area contributed by atoms with Gasteiger partial charge in [-0.1, -0.05) is 29.3 Å². The monoisotopic (exact) mass is 457 g/mol. The molecule has 4 N–H and O–H groups in total. The molecule has 5 rings (SSSR count). The molecule has 0 spiro atoms. The number of nitrogen functional groups attached to an aromatic ring is 1. The van der Waals surface area contributed by atoms with Crippen LogP contribution in [0.4, 0.5) is 5.82 Å². The first kappa shape index (κ1) is 20.3. The summed E-state index contributed by atoms with van der Waals surface area (Å²) in [7, 11) is 0. The highest BCUT2D eigenvalue weighted by Crippen LogP contribution is 2.36. The maximum absolute atomic E-state index is 6.27. The third-order valence-electron chi connectivity index (χ3n) is 5.57. The van der Waals surface area contributed by atoms with Crippen molar-refractivity contribution in [3.8, 4) is 22.9 Å². The molecule has 2 aliphatic heterocycles. The Morgan fingerprint density at radius 3 is 2.61 bits per heavy atom. The Balaban J connectivity index is 1.44. The number of hydrogen-bond donors (Lipinski definition) is 3. The number of benzene rings is 1. The van der Waals surface area contributed by atoms with Gasteiger partial charge in [0.05, 0.1) is 21.2 Å². The molecule has 0 bridgehead atoms. The van der Waals surface area contributed by atoms with Crippen molar-refractivity contribution < 1.29 is 4.42 Å². The Hall–Kier alpha value is -2.65. The number of hydrogen-bond acceptors (Lipinski definition) is 8. The number of pyridine rings is 1. The predicted molar refractivity (Wildman–Crippen MR) is 121 cm³/mol. The molecule has 4 heterocycles. The lowest BCUT2D eigenvalue weighted by atomic mass is 10.1.